The molecule has 0 aliphatic carbocycles. The molecule has 68 heavy (non-hydrogen) atoms. The van der Waals surface area contributed by atoms with Gasteiger partial charge in [-0.3, -0.25) is 19.2 Å². The summed E-state index contributed by atoms with van der Waals surface area (Å²) in [6, 6.07) is 26.0. The molecule has 0 spiro atoms. The molecule has 0 aromatic heterocycles. The lowest BCUT2D eigenvalue weighted by molar-refractivity contribution is -0.139. The summed E-state index contributed by atoms with van der Waals surface area (Å²) >= 11 is 0. The molecule has 15 nitrogen and oxygen atoms in total. The van der Waals surface area contributed by atoms with Gasteiger partial charge in [0.05, 0.1) is 34.4 Å². The Morgan fingerprint density at radius 2 is 0.956 bits per heavy atom. The second-order valence-electron chi connectivity index (χ2n) is 19.2. The lowest BCUT2D eigenvalue weighted by Crippen LogP contribution is -2.54. The molecule has 4 N–H and O–H groups in total. The molecule has 0 saturated carbocycles. The van der Waals surface area contributed by atoms with Crippen molar-refractivity contribution in [3.8, 4) is 0 Å². The number of carbonyl (C=O) groups is 6. The first kappa shape index (κ1) is 51.5. The molecule has 6 atom stereocenters. The van der Waals surface area contributed by atoms with Crippen molar-refractivity contribution in [1.29, 1.82) is 0 Å². The van der Waals surface area contributed by atoms with Gasteiger partial charge in [0.1, 0.15) is 24.2 Å². The van der Waals surface area contributed by atoms with Gasteiger partial charge in [-0.15, -0.1) is 0 Å². The first-order chi connectivity index (χ1) is 32.6. The minimum Gasteiger partial charge on any atom is -0.453 e. The monoisotopic (exact) mass is 952 g/mol. The van der Waals surface area contributed by atoms with E-state index in [0.717, 1.165) is 29.7 Å². The van der Waals surface area contributed by atoms with Crippen LogP contribution in [-0.4, -0.2) is 105 Å². The highest BCUT2D eigenvalue weighted by atomic mass is 28.3. The van der Waals surface area contributed by atoms with E-state index in [1.807, 2.05) is 52.0 Å². The number of likely N-dealkylation sites (tertiary alicyclic amines) is 2. The standard InChI is InChI=1S/C52H73N7O8Si/c1-10-68(11-2,12-3)40-27-25-39(26-28-40)59-41(35-17-21-37(22-18-35)53-47(60)43-15-13-31-57(43)49(62)45(33(4)5)55-51(64)66-8)29-30-42(59)36-19-23-38(24-20-36)54-48(61)44-16-14-32-58(44)50(63)46(34(6)7)56-52(65)67-9/h17-28,33-34,41-46H,10-16,29-32H2,1-9H3,(H,53,60)(H,54,61)(H,55,64)(H,56,65)/t41-,42-,43-,44-,45-,46-/m0/s1. The molecule has 3 fully saturated rings. The maximum absolute atomic E-state index is 13.7. The summed E-state index contributed by atoms with van der Waals surface area (Å²) in [7, 11) is 0.900. The maximum atomic E-state index is 13.7. The molecule has 16 heteroatoms. The van der Waals surface area contributed by atoms with Crippen molar-refractivity contribution in [2.75, 3.05) is 42.8 Å². The number of rotatable bonds is 17. The van der Waals surface area contributed by atoms with Gasteiger partial charge in [0.25, 0.3) is 0 Å². The molecular weight excluding hydrogens is 879 g/mol. The molecule has 3 saturated heterocycles. The Balaban J connectivity index is 1.20. The van der Waals surface area contributed by atoms with E-state index >= 15 is 0 Å². The number of alkyl carbamates (subject to hydrolysis) is 2. The predicted molar refractivity (Wildman–Crippen MR) is 268 cm³/mol. The third kappa shape index (κ3) is 11.3. The van der Waals surface area contributed by atoms with Crippen LogP contribution in [0.3, 0.4) is 0 Å². The van der Waals surface area contributed by atoms with Crippen LogP contribution in [0.15, 0.2) is 72.8 Å². The van der Waals surface area contributed by atoms with Gasteiger partial charge in [-0.2, -0.15) is 0 Å². The first-order valence-electron chi connectivity index (χ1n) is 24.6. The number of nitrogens with zero attached hydrogens (tertiary/aromatic N) is 3. The van der Waals surface area contributed by atoms with Crippen molar-refractivity contribution in [2.24, 2.45) is 11.8 Å². The predicted octanol–water partition coefficient (Wildman–Crippen LogP) is 8.11. The second kappa shape index (κ2) is 22.9. The summed E-state index contributed by atoms with van der Waals surface area (Å²) in [6.07, 6.45) is 2.81. The third-order valence-electron chi connectivity index (χ3n) is 14.8. The average molecular weight is 952 g/mol. The van der Waals surface area contributed by atoms with Crippen LogP contribution in [0.25, 0.3) is 0 Å². The molecule has 3 aliphatic rings. The van der Waals surface area contributed by atoms with Crippen molar-refractivity contribution >= 4 is 66.1 Å². The highest BCUT2D eigenvalue weighted by Crippen LogP contribution is 2.47. The Kier molecular flexibility index (Phi) is 17.4. The third-order valence-corrected chi connectivity index (χ3v) is 20.4. The summed E-state index contributed by atoms with van der Waals surface area (Å²) in [6.45, 7) is 15.2. The second-order valence-corrected chi connectivity index (χ2v) is 24.5. The van der Waals surface area contributed by atoms with Gasteiger partial charge >= 0.3 is 12.2 Å². The topological polar surface area (TPSA) is 179 Å². The van der Waals surface area contributed by atoms with E-state index < -0.39 is 44.4 Å². The lowest BCUT2D eigenvalue weighted by atomic mass is 10.0. The number of hydrogen-bond acceptors (Lipinski definition) is 9. The average Bonchev–Trinajstić information content (AvgIpc) is 4.15. The van der Waals surface area contributed by atoms with Gasteiger partial charge in [-0.1, -0.05) is 108 Å². The summed E-state index contributed by atoms with van der Waals surface area (Å²) in [5.41, 5.74) is 4.62. The molecule has 3 aromatic rings. The van der Waals surface area contributed by atoms with Crippen molar-refractivity contribution in [1.82, 2.24) is 20.4 Å². The van der Waals surface area contributed by atoms with Crippen LogP contribution < -0.4 is 31.4 Å². The van der Waals surface area contributed by atoms with E-state index in [-0.39, 0.29) is 47.5 Å². The Morgan fingerprint density at radius 3 is 1.29 bits per heavy atom. The van der Waals surface area contributed by atoms with E-state index in [2.05, 4.69) is 95.5 Å². The van der Waals surface area contributed by atoms with Crippen LogP contribution in [-0.2, 0) is 28.7 Å². The fourth-order valence-corrected chi connectivity index (χ4v) is 14.2. The molecule has 3 heterocycles. The van der Waals surface area contributed by atoms with Gasteiger partial charge in [0.2, 0.25) is 23.6 Å². The van der Waals surface area contributed by atoms with Crippen LogP contribution in [0.4, 0.5) is 26.7 Å². The molecule has 0 radical (unpaired) electrons. The fourth-order valence-electron chi connectivity index (χ4n) is 10.6. The van der Waals surface area contributed by atoms with E-state index in [9.17, 15) is 28.8 Å². The van der Waals surface area contributed by atoms with Crippen molar-refractivity contribution in [3.63, 3.8) is 0 Å². The summed E-state index contributed by atoms with van der Waals surface area (Å²) in [5.74, 6) is -1.53. The zero-order chi connectivity index (χ0) is 49.3. The molecular formula is C52H73N7O8Si. The van der Waals surface area contributed by atoms with Gasteiger partial charge in [0, 0.05) is 30.2 Å². The maximum Gasteiger partial charge on any atom is 0.407 e. The zero-order valence-electron chi connectivity index (χ0n) is 41.4. The largest absolute Gasteiger partial charge is 0.453 e. The first-order valence-corrected chi connectivity index (χ1v) is 27.2. The number of anilines is 3. The number of hydrogen-bond donors (Lipinski definition) is 4. The Labute approximate surface area is 403 Å². The number of carbonyl (C=O) groups excluding carboxylic acids is 6. The highest BCUT2D eigenvalue weighted by Gasteiger charge is 2.41. The summed E-state index contributed by atoms with van der Waals surface area (Å²) < 4.78 is 9.51. The highest BCUT2D eigenvalue weighted by molar-refractivity contribution is 6.91. The number of amides is 6. The lowest BCUT2D eigenvalue weighted by Gasteiger charge is -2.35. The van der Waals surface area contributed by atoms with E-state index in [1.54, 1.807) is 9.80 Å². The van der Waals surface area contributed by atoms with Gasteiger partial charge in [-0.25, -0.2) is 9.59 Å². The summed E-state index contributed by atoms with van der Waals surface area (Å²) in [5, 5.41) is 12.9. The SMILES string of the molecule is CC[Si](CC)(CC)c1ccc(N2[C@H](c3ccc(NC(=O)[C@@H]4CCCN4C(=O)[C@@H](NC(=O)OC)C(C)C)cc3)CC[C@H]2c2ccc(NC(=O)[C@@H]3CCCN3C(=O)[C@@H](NC(=O)OC)C(C)C)cc2)cc1. The Bertz CT molecular complexity index is 2100. The number of nitrogens with one attached hydrogen (secondary N) is 4. The Morgan fingerprint density at radius 1 is 0.574 bits per heavy atom. The van der Waals surface area contributed by atoms with E-state index in [4.69, 9.17) is 9.47 Å². The van der Waals surface area contributed by atoms with Crippen LogP contribution in [0.2, 0.25) is 18.1 Å². The smallest absolute Gasteiger partial charge is 0.407 e. The van der Waals surface area contributed by atoms with Gasteiger partial charge < -0.3 is 45.4 Å². The van der Waals surface area contributed by atoms with Gasteiger partial charge in [-0.05, 0) is 97.9 Å². The van der Waals surface area contributed by atoms with E-state index in [0.29, 0.717) is 50.1 Å². The van der Waals surface area contributed by atoms with Crippen LogP contribution in [0.5, 0.6) is 0 Å². The zero-order valence-corrected chi connectivity index (χ0v) is 42.4. The molecule has 3 aromatic carbocycles. The molecule has 0 bridgehead atoms. The van der Waals surface area contributed by atoms with Crippen LogP contribution in [0, 0.1) is 11.8 Å². The normalized spacial score (nSPS) is 20.2. The quantitative estimate of drug-likeness (QED) is 0.0974. The summed E-state index contributed by atoms with van der Waals surface area (Å²) in [4.78, 5) is 84.5. The minimum atomic E-state index is -1.61. The van der Waals surface area contributed by atoms with Crippen molar-refractivity contribution < 1.29 is 38.2 Å². The minimum absolute atomic E-state index is 0.0351. The van der Waals surface area contributed by atoms with Crippen molar-refractivity contribution in [3.05, 3.63) is 83.9 Å². The number of benzene rings is 3. The Hall–Kier alpha value is -5.90. The van der Waals surface area contributed by atoms with Crippen molar-refractivity contribution in [2.45, 2.75) is 141 Å². The molecule has 6 amide bonds. The number of ether oxygens (including phenoxy) is 2. The van der Waals surface area contributed by atoms with Crippen LogP contribution >= 0.6 is 0 Å². The molecule has 0 unspecified atom stereocenters. The van der Waals surface area contributed by atoms with E-state index in [1.165, 1.54) is 37.5 Å². The molecule has 6 rings (SSSR count). The molecule has 3 aliphatic heterocycles. The molecule has 368 valence electrons. The van der Waals surface area contributed by atoms with Crippen LogP contribution in [0.1, 0.15) is 110 Å². The number of methoxy groups -OCH3 is 2. The fraction of sp³-hybridized carbons (Fsp3) is 0.538. The van der Waals surface area contributed by atoms with Gasteiger partial charge in [0.15, 0.2) is 0 Å².